The Balaban J connectivity index is 3.31. The molecule has 0 aromatic heterocycles. The van der Waals surface area contributed by atoms with Crippen LogP contribution in [0.3, 0.4) is 0 Å². The van der Waals surface area contributed by atoms with Gasteiger partial charge in [0.1, 0.15) is 5.75 Å². The number of benzene rings is 1. The summed E-state index contributed by atoms with van der Waals surface area (Å²) >= 11 is 0. The standard InChI is InChI=1S/C6H5F2NO/c7-4-1-3(10)2-5(9)6(4)8/h1-2,10H,9H2. The van der Waals surface area contributed by atoms with E-state index in [2.05, 4.69) is 0 Å². The highest BCUT2D eigenvalue weighted by atomic mass is 19.2. The molecule has 0 heterocycles. The maximum atomic E-state index is 12.3. The molecule has 4 heteroatoms. The molecule has 1 aromatic rings. The highest BCUT2D eigenvalue weighted by Crippen LogP contribution is 2.20. The number of nitrogen functional groups attached to an aromatic ring is 1. The van der Waals surface area contributed by atoms with Crippen molar-refractivity contribution in [3.63, 3.8) is 0 Å². The van der Waals surface area contributed by atoms with Gasteiger partial charge in [-0.05, 0) is 0 Å². The summed E-state index contributed by atoms with van der Waals surface area (Å²) in [5.74, 6) is -2.65. The van der Waals surface area contributed by atoms with Crippen LogP contribution >= 0.6 is 0 Å². The van der Waals surface area contributed by atoms with Gasteiger partial charge in [0, 0.05) is 12.1 Å². The zero-order valence-electron chi connectivity index (χ0n) is 4.94. The molecule has 0 saturated carbocycles. The molecular weight excluding hydrogens is 140 g/mol. The van der Waals surface area contributed by atoms with Crippen molar-refractivity contribution in [1.29, 1.82) is 0 Å². The molecule has 0 aliphatic rings. The fraction of sp³-hybridized carbons (Fsp3) is 0. The van der Waals surface area contributed by atoms with Crippen LogP contribution in [0.4, 0.5) is 14.5 Å². The number of rotatable bonds is 0. The summed E-state index contributed by atoms with van der Waals surface area (Å²) in [4.78, 5) is 0. The Morgan fingerprint density at radius 3 is 2.40 bits per heavy atom. The summed E-state index contributed by atoms with van der Waals surface area (Å²) < 4.78 is 24.5. The molecule has 2 nitrogen and oxygen atoms in total. The smallest absolute Gasteiger partial charge is 0.181 e. The van der Waals surface area contributed by atoms with Gasteiger partial charge in [-0.15, -0.1) is 0 Å². The molecular formula is C6H5F2NO. The van der Waals surface area contributed by atoms with Crippen molar-refractivity contribution in [1.82, 2.24) is 0 Å². The van der Waals surface area contributed by atoms with Crippen LogP contribution in [0.1, 0.15) is 0 Å². The molecule has 10 heavy (non-hydrogen) atoms. The van der Waals surface area contributed by atoms with Gasteiger partial charge >= 0.3 is 0 Å². The SMILES string of the molecule is Nc1cc(O)cc(F)c1F. The average Bonchev–Trinajstić information content (AvgIpc) is 1.82. The van der Waals surface area contributed by atoms with Crippen LogP contribution in [0.25, 0.3) is 0 Å². The van der Waals surface area contributed by atoms with Gasteiger partial charge in [-0.2, -0.15) is 0 Å². The van der Waals surface area contributed by atoms with Crippen molar-refractivity contribution in [3.05, 3.63) is 23.8 Å². The van der Waals surface area contributed by atoms with Gasteiger partial charge in [-0.25, -0.2) is 8.78 Å². The molecule has 0 spiro atoms. The largest absolute Gasteiger partial charge is 0.508 e. The quantitative estimate of drug-likeness (QED) is 0.539. The van der Waals surface area contributed by atoms with E-state index in [0.29, 0.717) is 6.07 Å². The molecule has 0 radical (unpaired) electrons. The molecule has 0 bridgehead atoms. The van der Waals surface area contributed by atoms with Gasteiger partial charge in [0.05, 0.1) is 5.69 Å². The summed E-state index contributed by atoms with van der Waals surface area (Å²) in [7, 11) is 0. The van der Waals surface area contributed by atoms with Gasteiger partial charge < -0.3 is 10.8 Å². The number of halogens is 2. The van der Waals surface area contributed by atoms with Crippen LogP contribution in [0.2, 0.25) is 0 Å². The lowest BCUT2D eigenvalue weighted by Gasteiger charge is -1.97. The molecule has 0 aliphatic carbocycles. The first-order valence-electron chi connectivity index (χ1n) is 2.54. The van der Waals surface area contributed by atoms with Crippen molar-refractivity contribution < 1.29 is 13.9 Å². The minimum absolute atomic E-state index is 0.378. The highest BCUT2D eigenvalue weighted by molar-refractivity contribution is 5.45. The lowest BCUT2D eigenvalue weighted by Crippen LogP contribution is -1.92. The third kappa shape index (κ3) is 1.00. The fourth-order valence-corrected chi connectivity index (χ4v) is 0.595. The lowest BCUT2D eigenvalue weighted by molar-refractivity contribution is 0.456. The predicted molar refractivity (Wildman–Crippen MR) is 32.4 cm³/mol. The second-order valence-electron chi connectivity index (χ2n) is 1.83. The van der Waals surface area contributed by atoms with E-state index >= 15 is 0 Å². The normalized spacial score (nSPS) is 9.80. The molecule has 0 unspecified atom stereocenters. The number of anilines is 1. The van der Waals surface area contributed by atoms with Crippen molar-refractivity contribution in [3.8, 4) is 5.75 Å². The first-order valence-corrected chi connectivity index (χ1v) is 2.54. The van der Waals surface area contributed by atoms with E-state index in [1.807, 2.05) is 0 Å². The first kappa shape index (κ1) is 6.80. The molecule has 3 N–H and O–H groups in total. The third-order valence-electron chi connectivity index (χ3n) is 1.04. The van der Waals surface area contributed by atoms with Gasteiger partial charge in [0.15, 0.2) is 11.6 Å². The predicted octanol–water partition coefficient (Wildman–Crippen LogP) is 1.25. The minimum atomic E-state index is -1.14. The van der Waals surface area contributed by atoms with Crippen LogP contribution in [0.15, 0.2) is 12.1 Å². The van der Waals surface area contributed by atoms with Crippen molar-refractivity contribution in [2.75, 3.05) is 5.73 Å². The number of nitrogens with two attached hydrogens (primary N) is 1. The van der Waals surface area contributed by atoms with E-state index in [-0.39, 0.29) is 5.75 Å². The zero-order valence-corrected chi connectivity index (χ0v) is 4.94. The van der Waals surface area contributed by atoms with Crippen LogP contribution in [0.5, 0.6) is 5.75 Å². The van der Waals surface area contributed by atoms with Crippen LogP contribution < -0.4 is 5.73 Å². The molecule has 0 atom stereocenters. The Morgan fingerprint density at radius 1 is 1.30 bits per heavy atom. The summed E-state index contributed by atoms with van der Waals surface area (Å²) in [6.45, 7) is 0. The topological polar surface area (TPSA) is 46.2 Å². The molecule has 0 amide bonds. The minimum Gasteiger partial charge on any atom is -0.508 e. The highest BCUT2D eigenvalue weighted by Gasteiger charge is 2.06. The maximum Gasteiger partial charge on any atom is 0.181 e. The summed E-state index contributed by atoms with van der Waals surface area (Å²) in [6.07, 6.45) is 0. The molecule has 0 aliphatic heterocycles. The third-order valence-corrected chi connectivity index (χ3v) is 1.04. The van der Waals surface area contributed by atoms with E-state index in [0.717, 1.165) is 6.07 Å². The lowest BCUT2D eigenvalue weighted by atomic mass is 10.3. The summed E-state index contributed by atoms with van der Waals surface area (Å²) in [5, 5.41) is 8.63. The van der Waals surface area contributed by atoms with E-state index < -0.39 is 17.3 Å². The first-order chi connectivity index (χ1) is 4.61. The summed E-state index contributed by atoms with van der Waals surface area (Å²) in [5.41, 5.74) is 4.56. The molecule has 0 fully saturated rings. The van der Waals surface area contributed by atoms with Crippen molar-refractivity contribution in [2.45, 2.75) is 0 Å². The number of phenols is 1. The molecule has 0 saturated heterocycles. The number of hydrogen-bond donors (Lipinski definition) is 2. The van der Waals surface area contributed by atoms with Crippen LogP contribution in [-0.2, 0) is 0 Å². The number of hydrogen-bond acceptors (Lipinski definition) is 2. The second kappa shape index (κ2) is 2.13. The number of aromatic hydroxyl groups is 1. The van der Waals surface area contributed by atoms with Gasteiger partial charge in [0.2, 0.25) is 0 Å². The van der Waals surface area contributed by atoms with E-state index in [9.17, 15) is 8.78 Å². The zero-order chi connectivity index (χ0) is 7.72. The van der Waals surface area contributed by atoms with Crippen molar-refractivity contribution in [2.24, 2.45) is 0 Å². The second-order valence-corrected chi connectivity index (χ2v) is 1.83. The molecule has 54 valence electrons. The van der Waals surface area contributed by atoms with Gasteiger partial charge in [0.25, 0.3) is 0 Å². The van der Waals surface area contributed by atoms with E-state index in [1.165, 1.54) is 0 Å². The Hall–Kier alpha value is -1.32. The monoisotopic (exact) mass is 145 g/mol. The Morgan fingerprint density at radius 2 is 1.90 bits per heavy atom. The van der Waals surface area contributed by atoms with Gasteiger partial charge in [-0.1, -0.05) is 0 Å². The summed E-state index contributed by atoms with van der Waals surface area (Å²) in [6, 6.07) is 1.60. The van der Waals surface area contributed by atoms with E-state index in [1.54, 1.807) is 0 Å². The molecule has 1 aromatic carbocycles. The Labute approximate surface area is 55.9 Å². The van der Waals surface area contributed by atoms with E-state index in [4.69, 9.17) is 10.8 Å². The van der Waals surface area contributed by atoms with Crippen molar-refractivity contribution >= 4 is 5.69 Å². The van der Waals surface area contributed by atoms with Crippen LogP contribution in [0, 0.1) is 11.6 Å². The van der Waals surface area contributed by atoms with Gasteiger partial charge in [-0.3, -0.25) is 0 Å². The number of phenolic OH excluding ortho intramolecular Hbond substituents is 1. The maximum absolute atomic E-state index is 12.3. The average molecular weight is 145 g/mol. The van der Waals surface area contributed by atoms with Crippen LogP contribution in [-0.4, -0.2) is 5.11 Å². The molecule has 1 rings (SSSR count). The Bertz CT molecular complexity index is 239. The Kier molecular flexibility index (Phi) is 1.45. The fourth-order valence-electron chi connectivity index (χ4n) is 0.595.